The summed E-state index contributed by atoms with van der Waals surface area (Å²) in [4.78, 5) is 0. The van der Waals surface area contributed by atoms with Gasteiger partial charge in [-0.15, -0.1) is 0 Å². The minimum Gasteiger partial charge on any atom is -0.399 e. The van der Waals surface area contributed by atoms with Crippen molar-refractivity contribution in [3.05, 3.63) is 93.0 Å². The van der Waals surface area contributed by atoms with E-state index in [0.717, 1.165) is 66.1 Å². The molecule has 2 atom stereocenters. The SMILES string of the molecule is CC(C)(C)c1cc(C(C)(C)C)c2op(O[C@H]3COC[C@@H](Op4oc5c(C(C)(C)C)cc(C(C)(C)C)cc5c5cc(C(C)(C)C)cc(C(C)(C)C)c5o4)OC3)oc3c(C(C)(C)C)cc(C(C)(C)C)cc3c2c1. The Labute approximate surface area is 428 Å². The summed E-state index contributed by atoms with van der Waals surface area (Å²) in [6.07, 6.45) is -1.34. The highest BCUT2D eigenvalue weighted by Crippen LogP contribution is 2.48. The predicted octanol–water partition coefficient (Wildman–Crippen LogP) is 18.6. The first-order valence-electron chi connectivity index (χ1n) is 25.8. The van der Waals surface area contributed by atoms with Gasteiger partial charge in [-0.25, -0.2) is 4.52 Å². The van der Waals surface area contributed by atoms with Gasteiger partial charge in [-0.05, 0) is 89.8 Å². The smallest absolute Gasteiger partial charge is 0.390 e. The molecule has 7 rings (SSSR count). The first-order valence-corrected chi connectivity index (χ1v) is 28.0. The Hall–Kier alpha value is -3.48. The Morgan fingerprint density at radius 1 is 0.338 bits per heavy atom. The molecule has 0 N–H and O–H groups in total. The molecular formula is C61H88O8P2. The Bertz CT molecular complexity index is 2650. The monoisotopic (exact) mass is 1010 g/mol. The zero-order valence-electron chi connectivity index (χ0n) is 48.1. The van der Waals surface area contributed by atoms with E-state index in [9.17, 15) is 0 Å². The van der Waals surface area contributed by atoms with Gasteiger partial charge in [-0.1, -0.05) is 190 Å². The summed E-state index contributed by atoms with van der Waals surface area (Å²) >= 11 is 0. The molecule has 1 aliphatic rings. The fourth-order valence-corrected chi connectivity index (χ4v) is 11.3. The molecule has 0 unspecified atom stereocenters. The first-order chi connectivity index (χ1) is 32.2. The highest BCUT2D eigenvalue weighted by atomic mass is 31.1. The zero-order valence-corrected chi connectivity index (χ0v) is 49.8. The van der Waals surface area contributed by atoms with Gasteiger partial charge in [0.1, 0.15) is 28.4 Å². The second-order valence-electron chi connectivity index (χ2n) is 28.5. The van der Waals surface area contributed by atoms with Crippen molar-refractivity contribution >= 4 is 60.4 Å². The summed E-state index contributed by atoms with van der Waals surface area (Å²) in [5.41, 5.74) is 11.0. The molecule has 8 nitrogen and oxygen atoms in total. The Morgan fingerprint density at radius 2 is 0.606 bits per heavy atom. The van der Waals surface area contributed by atoms with Crippen LogP contribution >= 0.6 is 16.5 Å². The summed E-state index contributed by atoms with van der Waals surface area (Å²) < 4.78 is 55.1. The van der Waals surface area contributed by atoms with Gasteiger partial charge in [0.2, 0.25) is 0 Å². The quantitative estimate of drug-likeness (QED) is 0.173. The van der Waals surface area contributed by atoms with E-state index in [4.69, 9.17) is 35.3 Å². The van der Waals surface area contributed by atoms with Crippen molar-refractivity contribution in [1.82, 2.24) is 0 Å². The standard InChI is InChI=1S/C61H88O8P2/c1-54(2,3)36-25-41-42-26-37(55(4,5)6)30-46(59(16,17)18)51(42)67-70(66-50(41)45(29-36)58(13,14)15)64-40-33-62-35-49(63-34-40)65-71-68-52-43(27-38(56(7,8)9)31-47(52)60(19,20)21)44-28-39(57(10,11)12)32-48(53(44)69-71)61(22,23)24/h25-32,40,49H,33-35H2,1-24H3/t40-,49+/m0/s1. The maximum atomic E-state index is 7.11. The molecule has 0 spiro atoms. The van der Waals surface area contributed by atoms with Crippen molar-refractivity contribution in [2.45, 2.75) is 222 Å². The summed E-state index contributed by atoms with van der Waals surface area (Å²) in [6, 6.07) is 18.5. The van der Waals surface area contributed by atoms with Gasteiger partial charge in [0.25, 0.3) is 0 Å². The molecule has 0 aliphatic carbocycles. The molecule has 0 radical (unpaired) electrons. The van der Waals surface area contributed by atoms with Crippen LogP contribution in [-0.4, -0.2) is 32.2 Å². The van der Waals surface area contributed by atoms with Gasteiger partial charge in [0.15, 0.2) is 6.29 Å². The highest BCUT2D eigenvalue weighted by molar-refractivity contribution is 7.32. The minimum atomic E-state index is -2.04. The second kappa shape index (κ2) is 18.7. The Kier molecular flexibility index (Phi) is 14.6. The molecule has 1 fully saturated rings. The van der Waals surface area contributed by atoms with E-state index in [1.807, 2.05) is 0 Å². The topological polar surface area (TPSA) is 89.5 Å². The van der Waals surface area contributed by atoms with Gasteiger partial charge < -0.3 is 26.3 Å². The van der Waals surface area contributed by atoms with Crippen molar-refractivity contribution in [2.75, 3.05) is 19.8 Å². The van der Waals surface area contributed by atoms with Crippen LogP contribution in [0.1, 0.15) is 211 Å². The van der Waals surface area contributed by atoms with Crippen LogP contribution in [0.25, 0.3) is 43.9 Å². The lowest BCUT2D eigenvalue weighted by molar-refractivity contribution is -0.0793. The largest absolute Gasteiger partial charge is 0.399 e. The predicted molar refractivity (Wildman–Crippen MR) is 300 cm³/mol. The maximum Gasteiger partial charge on any atom is 0.390 e. The van der Waals surface area contributed by atoms with E-state index in [1.165, 1.54) is 22.3 Å². The fraction of sp³-hybridized carbons (Fsp3) is 0.607. The van der Waals surface area contributed by atoms with Crippen molar-refractivity contribution in [2.24, 2.45) is 0 Å². The van der Waals surface area contributed by atoms with E-state index in [2.05, 4.69) is 215 Å². The molecule has 390 valence electrons. The highest BCUT2D eigenvalue weighted by Gasteiger charge is 2.33. The average molecular weight is 1010 g/mol. The molecule has 71 heavy (non-hydrogen) atoms. The van der Waals surface area contributed by atoms with Crippen molar-refractivity contribution in [3.63, 3.8) is 0 Å². The third kappa shape index (κ3) is 12.1. The van der Waals surface area contributed by atoms with E-state index in [1.54, 1.807) is 0 Å². The van der Waals surface area contributed by atoms with E-state index in [-0.39, 0.29) is 63.1 Å². The number of fused-ring (bicyclic) bond motifs is 6. The number of benzene rings is 4. The summed E-state index contributed by atoms with van der Waals surface area (Å²) in [5.74, 6) is 0. The van der Waals surface area contributed by atoms with Crippen LogP contribution in [0.3, 0.4) is 0 Å². The van der Waals surface area contributed by atoms with Crippen LogP contribution in [0, 0.1) is 0 Å². The van der Waals surface area contributed by atoms with E-state index >= 15 is 0 Å². The molecule has 0 saturated carbocycles. The summed E-state index contributed by atoms with van der Waals surface area (Å²) in [6.45, 7) is 54.7. The third-order valence-electron chi connectivity index (χ3n) is 13.8. The molecular weight excluding hydrogens is 923 g/mol. The molecule has 3 heterocycles. The van der Waals surface area contributed by atoms with Crippen LogP contribution in [0.15, 0.2) is 65.3 Å². The zero-order chi connectivity index (χ0) is 53.0. The van der Waals surface area contributed by atoms with Crippen LogP contribution in [-0.2, 0) is 52.8 Å². The van der Waals surface area contributed by atoms with Gasteiger partial charge >= 0.3 is 16.5 Å². The van der Waals surface area contributed by atoms with Crippen LogP contribution < -0.4 is 9.05 Å². The van der Waals surface area contributed by atoms with Gasteiger partial charge in [-0.2, -0.15) is 0 Å². The lowest BCUT2D eigenvalue weighted by Crippen LogP contribution is -2.27. The van der Waals surface area contributed by atoms with Crippen molar-refractivity contribution in [1.29, 1.82) is 0 Å². The van der Waals surface area contributed by atoms with Crippen molar-refractivity contribution in [3.8, 4) is 0 Å². The molecule has 0 amide bonds. The lowest BCUT2D eigenvalue weighted by Gasteiger charge is -2.27. The van der Waals surface area contributed by atoms with Gasteiger partial charge in [0.05, 0.1) is 19.8 Å². The first kappa shape index (κ1) is 55.3. The molecule has 1 aliphatic heterocycles. The van der Waals surface area contributed by atoms with Crippen molar-refractivity contribution < 1.29 is 35.3 Å². The van der Waals surface area contributed by atoms with Crippen LogP contribution in [0.5, 0.6) is 0 Å². The third-order valence-corrected chi connectivity index (χ3v) is 16.0. The maximum absolute atomic E-state index is 7.11. The molecule has 6 aromatic rings. The average Bonchev–Trinajstić information content (AvgIpc) is 3.58. The van der Waals surface area contributed by atoms with E-state index < -0.39 is 28.9 Å². The van der Waals surface area contributed by atoms with Gasteiger partial charge in [-0.3, -0.25) is 4.52 Å². The lowest BCUT2D eigenvalue weighted by atomic mass is 9.77. The number of ether oxygens (including phenoxy) is 2. The number of hydrogen-bond acceptors (Lipinski definition) is 8. The van der Waals surface area contributed by atoms with Crippen LogP contribution in [0.2, 0.25) is 0 Å². The summed E-state index contributed by atoms with van der Waals surface area (Å²) in [7, 11) is -4.04. The molecule has 10 heteroatoms. The number of hydrogen-bond donors (Lipinski definition) is 0. The normalized spacial score (nSPS) is 17.4. The van der Waals surface area contributed by atoms with E-state index in [0.29, 0.717) is 0 Å². The minimum absolute atomic E-state index is 0.109. The Morgan fingerprint density at radius 3 is 0.859 bits per heavy atom. The molecule has 2 aromatic heterocycles. The molecule has 0 bridgehead atoms. The second-order valence-corrected chi connectivity index (χ2v) is 30.6. The Balaban J connectivity index is 1.37. The fourth-order valence-electron chi connectivity index (χ4n) is 9.04. The molecule has 4 aromatic carbocycles. The van der Waals surface area contributed by atoms with Crippen LogP contribution in [0.4, 0.5) is 0 Å². The summed E-state index contributed by atoms with van der Waals surface area (Å²) in [5, 5.41) is 4.06. The number of rotatable bonds is 4. The van der Waals surface area contributed by atoms with Gasteiger partial charge in [0, 0.05) is 43.8 Å². The molecule has 1 saturated heterocycles.